The number of rotatable bonds is 4. The maximum Gasteiger partial charge on any atom is 0.156 e. The van der Waals surface area contributed by atoms with Crippen molar-refractivity contribution in [3.8, 4) is 5.75 Å². The van der Waals surface area contributed by atoms with Crippen molar-refractivity contribution >= 4 is 52.8 Å². The van der Waals surface area contributed by atoms with Gasteiger partial charge in [-0.3, -0.25) is 10.2 Å². The SMILES string of the molecule is CCC12CCC(=O)C=C1c1c(cc(OCC(=N)N)c(Cl)c1Cl)C2.Cl. The van der Waals surface area contributed by atoms with Crippen molar-refractivity contribution in [1.82, 2.24) is 0 Å². The van der Waals surface area contributed by atoms with E-state index in [0.29, 0.717) is 22.2 Å². The maximum absolute atomic E-state index is 11.9. The van der Waals surface area contributed by atoms with E-state index >= 15 is 0 Å². The lowest BCUT2D eigenvalue weighted by Crippen LogP contribution is -2.24. The first kappa shape index (κ1) is 19.1. The van der Waals surface area contributed by atoms with Gasteiger partial charge in [0, 0.05) is 17.4 Å². The summed E-state index contributed by atoms with van der Waals surface area (Å²) in [4.78, 5) is 11.9. The molecule has 7 heteroatoms. The molecular formula is C17H19Cl3N2O2. The highest BCUT2D eigenvalue weighted by Gasteiger charge is 2.44. The molecule has 0 radical (unpaired) electrons. The van der Waals surface area contributed by atoms with Crippen LogP contribution in [0.2, 0.25) is 10.0 Å². The van der Waals surface area contributed by atoms with Crippen LogP contribution in [-0.4, -0.2) is 18.2 Å². The summed E-state index contributed by atoms with van der Waals surface area (Å²) in [6.07, 6.45) is 4.91. The van der Waals surface area contributed by atoms with E-state index in [1.54, 1.807) is 6.08 Å². The average molecular weight is 390 g/mol. The normalized spacial score (nSPS) is 21.5. The van der Waals surface area contributed by atoms with Crippen LogP contribution in [-0.2, 0) is 11.2 Å². The maximum atomic E-state index is 11.9. The van der Waals surface area contributed by atoms with Gasteiger partial charge in [0.15, 0.2) is 5.78 Å². The van der Waals surface area contributed by atoms with Gasteiger partial charge in [0.2, 0.25) is 0 Å². The second kappa shape index (κ2) is 6.95. The van der Waals surface area contributed by atoms with Gasteiger partial charge in [0.05, 0.1) is 5.02 Å². The Balaban J connectivity index is 0.00000208. The van der Waals surface area contributed by atoms with Crippen LogP contribution in [0.4, 0.5) is 0 Å². The average Bonchev–Trinajstić information content (AvgIpc) is 2.83. The van der Waals surface area contributed by atoms with E-state index in [-0.39, 0.29) is 36.0 Å². The number of carbonyl (C=O) groups excluding carboxylic acids is 1. The Hall–Kier alpha value is -1.23. The summed E-state index contributed by atoms with van der Waals surface area (Å²) >= 11 is 12.8. The van der Waals surface area contributed by atoms with E-state index in [2.05, 4.69) is 6.92 Å². The van der Waals surface area contributed by atoms with Gasteiger partial charge in [-0.15, -0.1) is 12.4 Å². The number of fused-ring (bicyclic) bond motifs is 3. The number of hydrogen-bond donors (Lipinski definition) is 2. The summed E-state index contributed by atoms with van der Waals surface area (Å²) in [6.45, 7) is 2.10. The van der Waals surface area contributed by atoms with Crippen LogP contribution in [0.3, 0.4) is 0 Å². The Bertz CT molecular complexity index is 746. The Kier molecular flexibility index (Phi) is 5.53. The predicted molar refractivity (Wildman–Crippen MR) is 99.8 cm³/mol. The number of halogens is 3. The van der Waals surface area contributed by atoms with Crippen molar-refractivity contribution in [2.75, 3.05) is 6.61 Å². The van der Waals surface area contributed by atoms with Gasteiger partial charge in [-0.25, -0.2) is 0 Å². The highest BCUT2D eigenvalue weighted by molar-refractivity contribution is 6.44. The summed E-state index contributed by atoms with van der Waals surface area (Å²) < 4.78 is 5.49. The molecule has 0 fully saturated rings. The largest absolute Gasteiger partial charge is 0.484 e. The third-order valence-corrected chi connectivity index (χ3v) is 5.69. The lowest BCUT2D eigenvalue weighted by Gasteiger charge is -2.32. The summed E-state index contributed by atoms with van der Waals surface area (Å²) in [5.41, 5.74) is 8.22. The van der Waals surface area contributed by atoms with Crippen LogP contribution in [0.1, 0.15) is 37.3 Å². The zero-order valence-corrected chi connectivity index (χ0v) is 15.6. The van der Waals surface area contributed by atoms with Gasteiger partial charge in [-0.2, -0.15) is 0 Å². The van der Waals surface area contributed by atoms with Crippen LogP contribution in [0.25, 0.3) is 5.57 Å². The van der Waals surface area contributed by atoms with Crippen LogP contribution in [0, 0.1) is 10.8 Å². The molecule has 3 N–H and O–H groups in total. The van der Waals surface area contributed by atoms with Crippen molar-refractivity contribution in [3.63, 3.8) is 0 Å². The molecule has 0 amide bonds. The predicted octanol–water partition coefficient (Wildman–Crippen LogP) is 4.43. The zero-order valence-electron chi connectivity index (χ0n) is 13.2. The van der Waals surface area contributed by atoms with Crippen LogP contribution in [0.15, 0.2) is 12.1 Å². The first-order valence-corrected chi connectivity index (χ1v) is 8.35. The molecule has 3 rings (SSSR count). The molecule has 0 heterocycles. The molecule has 2 aliphatic carbocycles. The molecule has 0 saturated heterocycles. The molecule has 24 heavy (non-hydrogen) atoms. The monoisotopic (exact) mass is 388 g/mol. The molecule has 1 unspecified atom stereocenters. The minimum absolute atomic E-state index is 0. The van der Waals surface area contributed by atoms with Crippen LogP contribution >= 0.6 is 35.6 Å². The molecule has 1 aromatic rings. The second-order valence-electron chi connectivity index (χ2n) is 6.19. The van der Waals surface area contributed by atoms with E-state index in [4.69, 9.17) is 39.1 Å². The van der Waals surface area contributed by atoms with Crippen LogP contribution < -0.4 is 10.5 Å². The van der Waals surface area contributed by atoms with E-state index in [0.717, 1.165) is 36.0 Å². The number of ketones is 1. The highest BCUT2D eigenvalue weighted by atomic mass is 35.5. The Morgan fingerprint density at radius 2 is 2.12 bits per heavy atom. The third-order valence-electron chi connectivity index (χ3n) is 4.84. The fraction of sp³-hybridized carbons (Fsp3) is 0.412. The Labute approximate surface area is 157 Å². The molecule has 0 bridgehead atoms. The number of carbonyl (C=O) groups is 1. The molecule has 130 valence electrons. The molecule has 0 aromatic heterocycles. The van der Waals surface area contributed by atoms with E-state index in [9.17, 15) is 4.79 Å². The second-order valence-corrected chi connectivity index (χ2v) is 6.94. The van der Waals surface area contributed by atoms with Crippen LogP contribution in [0.5, 0.6) is 5.75 Å². The molecule has 1 atom stereocenters. The topological polar surface area (TPSA) is 76.2 Å². The molecule has 0 saturated carbocycles. The number of allylic oxidation sites excluding steroid dienone is 2. The molecular weight excluding hydrogens is 371 g/mol. The van der Waals surface area contributed by atoms with Gasteiger partial charge in [-0.1, -0.05) is 30.1 Å². The fourth-order valence-corrected chi connectivity index (χ4v) is 4.12. The first-order chi connectivity index (χ1) is 10.9. The van der Waals surface area contributed by atoms with Gasteiger partial charge in [0.25, 0.3) is 0 Å². The van der Waals surface area contributed by atoms with Gasteiger partial charge < -0.3 is 10.5 Å². The summed E-state index contributed by atoms with van der Waals surface area (Å²) in [5.74, 6) is 0.494. The first-order valence-electron chi connectivity index (χ1n) is 7.60. The fourth-order valence-electron chi connectivity index (χ4n) is 3.60. The highest BCUT2D eigenvalue weighted by Crippen LogP contribution is 2.57. The number of nitrogens with two attached hydrogens (primary N) is 1. The summed E-state index contributed by atoms with van der Waals surface area (Å²) in [5, 5.41) is 7.98. The zero-order chi connectivity index (χ0) is 16.8. The minimum Gasteiger partial charge on any atom is -0.484 e. The number of benzene rings is 1. The van der Waals surface area contributed by atoms with E-state index < -0.39 is 0 Å². The Morgan fingerprint density at radius 1 is 1.42 bits per heavy atom. The van der Waals surface area contributed by atoms with Crippen molar-refractivity contribution < 1.29 is 9.53 Å². The molecule has 2 aliphatic rings. The molecule has 0 aliphatic heterocycles. The van der Waals surface area contributed by atoms with Gasteiger partial charge in [0.1, 0.15) is 23.2 Å². The smallest absolute Gasteiger partial charge is 0.156 e. The summed E-state index contributed by atoms with van der Waals surface area (Å²) in [6, 6.07) is 1.87. The molecule has 0 spiro atoms. The van der Waals surface area contributed by atoms with Crippen molar-refractivity contribution in [2.24, 2.45) is 11.1 Å². The van der Waals surface area contributed by atoms with E-state index in [1.165, 1.54) is 0 Å². The minimum atomic E-state index is -0.0790. The number of nitrogens with one attached hydrogen (secondary N) is 1. The molecule has 4 nitrogen and oxygen atoms in total. The van der Waals surface area contributed by atoms with Gasteiger partial charge >= 0.3 is 0 Å². The van der Waals surface area contributed by atoms with Crippen molar-refractivity contribution in [3.05, 3.63) is 33.3 Å². The third kappa shape index (κ3) is 3.03. The standard InChI is InChI=1S/C17H18Cl2N2O2.ClH/c1-2-17-4-3-10(22)6-11(17)14-9(7-17)5-12(15(18)16(14)19)23-8-13(20)21;/h5-6H,2-4,7-8H2,1H3,(H3,20,21);1H. The lowest BCUT2D eigenvalue weighted by molar-refractivity contribution is -0.115. The van der Waals surface area contributed by atoms with Gasteiger partial charge in [-0.05, 0) is 42.5 Å². The van der Waals surface area contributed by atoms with Crippen molar-refractivity contribution in [1.29, 1.82) is 5.41 Å². The van der Waals surface area contributed by atoms with E-state index in [1.807, 2.05) is 6.07 Å². The number of amidine groups is 1. The number of ether oxygens (including phenoxy) is 1. The Morgan fingerprint density at radius 3 is 2.75 bits per heavy atom. The number of hydrogen-bond acceptors (Lipinski definition) is 3. The van der Waals surface area contributed by atoms with Crippen molar-refractivity contribution in [2.45, 2.75) is 32.6 Å². The quantitative estimate of drug-likeness (QED) is 0.591. The summed E-state index contributed by atoms with van der Waals surface area (Å²) in [7, 11) is 0. The molecule has 1 aromatic carbocycles. The lowest BCUT2D eigenvalue weighted by atomic mass is 9.71.